The van der Waals surface area contributed by atoms with Gasteiger partial charge in [0.1, 0.15) is 0 Å². The van der Waals surface area contributed by atoms with Crippen LogP contribution in [-0.2, 0) is 4.74 Å². The zero-order chi connectivity index (χ0) is 15.9. The number of benzene rings is 2. The van der Waals surface area contributed by atoms with Crippen molar-refractivity contribution in [3.05, 3.63) is 83.9 Å². The minimum absolute atomic E-state index is 1.22. The first-order valence-corrected chi connectivity index (χ1v) is 6.95. The topological polar surface area (TPSA) is 9.23 Å². The molecule has 0 saturated heterocycles. The van der Waals surface area contributed by atoms with Gasteiger partial charge in [-0.2, -0.15) is 0 Å². The van der Waals surface area contributed by atoms with E-state index in [0.717, 1.165) is 0 Å². The number of ether oxygens (including phenoxy) is 1. The minimum atomic E-state index is 1.22. The van der Waals surface area contributed by atoms with Crippen molar-refractivity contribution in [2.24, 2.45) is 0 Å². The summed E-state index contributed by atoms with van der Waals surface area (Å²) >= 11 is 0. The highest BCUT2D eigenvalue weighted by atomic mass is 16.4. The normalized spacial score (nSPS) is 9.14. The standard InChI is InChI=1S/2C9H10.C2H6O/c1-3-9-7-5-4-6-8(9)2;1-2-6-9-7-4-3-5-8-9;1-3-2/h3-7H,1H2,2H3;2-8H,1H3;1-2H3. The molecule has 0 unspecified atom stereocenters. The molecular weight excluding hydrogens is 256 g/mol. The Hall–Kier alpha value is -2.12. The van der Waals surface area contributed by atoms with Crippen LogP contribution in [0.4, 0.5) is 0 Å². The molecule has 0 aliphatic carbocycles. The molecule has 0 fully saturated rings. The molecule has 0 aromatic heterocycles. The predicted molar refractivity (Wildman–Crippen MR) is 95.4 cm³/mol. The first kappa shape index (κ1) is 18.9. The molecule has 112 valence electrons. The summed E-state index contributed by atoms with van der Waals surface area (Å²) in [6.07, 6.45) is 5.99. The van der Waals surface area contributed by atoms with Gasteiger partial charge in [0.25, 0.3) is 0 Å². The molecule has 0 bridgehead atoms. The summed E-state index contributed by atoms with van der Waals surface area (Å²) in [4.78, 5) is 0. The van der Waals surface area contributed by atoms with Gasteiger partial charge in [0, 0.05) is 14.2 Å². The van der Waals surface area contributed by atoms with Crippen LogP contribution in [0.5, 0.6) is 0 Å². The van der Waals surface area contributed by atoms with Gasteiger partial charge in [-0.05, 0) is 30.5 Å². The molecule has 1 heteroatoms. The smallest absolute Gasteiger partial charge is 0.0351 e. The van der Waals surface area contributed by atoms with E-state index in [1.165, 1.54) is 16.7 Å². The van der Waals surface area contributed by atoms with Crippen molar-refractivity contribution < 1.29 is 4.74 Å². The molecule has 1 nitrogen and oxygen atoms in total. The Labute approximate surface area is 129 Å². The maximum atomic E-state index is 4.25. The van der Waals surface area contributed by atoms with Gasteiger partial charge in [0.2, 0.25) is 0 Å². The SMILES string of the molecule is C=Cc1ccccc1C.CC=Cc1ccccc1.COC. The molecular formula is C20H26O. The van der Waals surface area contributed by atoms with E-state index in [1.807, 2.05) is 49.4 Å². The summed E-state index contributed by atoms with van der Waals surface area (Å²) in [5, 5.41) is 0. The summed E-state index contributed by atoms with van der Waals surface area (Å²) in [6, 6.07) is 18.4. The number of hydrogen-bond donors (Lipinski definition) is 0. The molecule has 2 aromatic rings. The van der Waals surface area contributed by atoms with Gasteiger partial charge in [-0.25, -0.2) is 0 Å². The molecule has 0 saturated carbocycles. The number of methoxy groups -OCH3 is 1. The predicted octanol–water partition coefficient (Wildman–Crippen LogP) is 5.62. The largest absolute Gasteiger partial charge is 0.388 e. The fraction of sp³-hybridized carbons (Fsp3) is 0.200. The molecule has 0 N–H and O–H groups in total. The molecule has 2 aromatic carbocycles. The van der Waals surface area contributed by atoms with Crippen molar-refractivity contribution in [3.8, 4) is 0 Å². The molecule has 0 atom stereocenters. The second-order valence-corrected chi connectivity index (χ2v) is 4.38. The van der Waals surface area contributed by atoms with Crippen LogP contribution in [0.25, 0.3) is 12.2 Å². The summed E-state index contributed by atoms with van der Waals surface area (Å²) in [6.45, 7) is 7.79. The van der Waals surface area contributed by atoms with Crippen molar-refractivity contribution in [2.45, 2.75) is 13.8 Å². The Morgan fingerprint density at radius 1 is 0.905 bits per heavy atom. The third kappa shape index (κ3) is 9.42. The lowest BCUT2D eigenvalue weighted by Gasteiger charge is -1.95. The molecule has 0 radical (unpaired) electrons. The van der Waals surface area contributed by atoms with Crippen LogP contribution in [0.1, 0.15) is 23.6 Å². The van der Waals surface area contributed by atoms with Crippen LogP contribution < -0.4 is 0 Å². The van der Waals surface area contributed by atoms with Crippen LogP contribution in [-0.4, -0.2) is 14.2 Å². The second-order valence-electron chi connectivity index (χ2n) is 4.38. The molecule has 0 spiro atoms. The zero-order valence-corrected chi connectivity index (χ0v) is 13.5. The van der Waals surface area contributed by atoms with Gasteiger partial charge in [0.15, 0.2) is 0 Å². The van der Waals surface area contributed by atoms with Crippen LogP contribution in [0.3, 0.4) is 0 Å². The van der Waals surface area contributed by atoms with Gasteiger partial charge in [-0.15, -0.1) is 0 Å². The summed E-state index contributed by atoms with van der Waals surface area (Å²) < 4.78 is 4.25. The Morgan fingerprint density at radius 3 is 1.86 bits per heavy atom. The van der Waals surface area contributed by atoms with Crippen LogP contribution in [0, 0.1) is 6.92 Å². The number of allylic oxidation sites excluding steroid dienone is 1. The van der Waals surface area contributed by atoms with Crippen molar-refractivity contribution >= 4 is 12.2 Å². The average Bonchev–Trinajstić information content (AvgIpc) is 2.51. The van der Waals surface area contributed by atoms with Gasteiger partial charge in [-0.1, -0.05) is 79.4 Å². The van der Waals surface area contributed by atoms with E-state index >= 15 is 0 Å². The van der Waals surface area contributed by atoms with E-state index < -0.39 is 0 Å². The molecule has 0 aliphatic heterocycles. The third-order valence-electron chi connectivity index (χ3n) is 2.57. The van der Waals surface area contributed by atoms with E-state index in [1.54, 1.807) is 14.2 Å². The highest BCUT2D eigenvalue weighted by Gasteiger charge is 1.86. The van der Waals surface area contributed by atoms with Gasteiger partial charge in [-0.3, -0.25) is 0 Å². The molecule has 0 aliphatic rings. The van der Waals surface area contributed by atoms with Gasteiger partial charge < -0.3 is 4.74 Å². The maximum absolute atomic E-state index is 4.25. The van der Waals surface area contributed by atoms with Crippen LogP contribution >= 0.6 is 0 Å². The van der Waals surface area contributed by atoms with Crippen molar-refractivity contribution in [3.63, 3.8) is 0 Å². The fourth-order valence-electron chi connectivity index (χ4n) is 1.57. The lowest BCUT2D eigenvalue weighted by Crippen LogP contribution is -1.75. The van der Waals surface area contributed by atoms with Gasteiger partial charge >= 0.3 is 0 Å². The Balaban J connectivity index is 0.000000322. The van der Waals surface area contributed by atoms with E-state index in [2.05, 4.69) is 48.6 Å². The number of rotatable bonds is 2. The minimum Gasteiger partial charge on any atom is -0.388 e. The van der Waals surface area contributed by atoms with E-state index in [9.17, 15) is 0 Å². The molecule has 2 rings (SSSR count). The number of aryl methyl sites for hydroxylation is 1. The van der Waals surface area contributed by atoms with Crippen molar-refractivity contribution in [1.82, 2.24) is 0 Å². The zero-order valence-electron chi connectivity index (χ0n) is 13.5. The van der Waals surface area contributed by atoms with Crippen molar-refractivity contribution in [2.75, 3.05) is 14.2 Å². The monoisotopic (exact) mass is 282 g/mol. The third-order valence-corrected chi connectivity index (χ3v) is 2.57. The van der Waals surface area contributed by atoms with E-state index in [4.69, 9.17) is 0 Å². The summed E-state index contributed by atoms with van der Waals surface area (Å²) in [5.41, 5.74) is 3.77. The summed E-state index contributed by atoms with van der Waals surface area (Å²) in [7, 11) is 3.25. The lowest BCUT2D eigenvalue weighted by molar-refractivity contribution is 0.277. The Kier molecular flexibility index (Phi) is 11.6. The highest BCUT2D eigenvalue weighted by molar-refractivity contribution is 5.50. The van der Waals surface area contributed by atoms with E-state index in [-0.39, 0.29) is 0 Å². The lowest BCUT2D eigenvalue weighted by atomic mass is 10.1. The number of hydrogen-bond acceptors (Lipinski definition) is 1. The fourth-order valence-corrected chi connectivity index (χ4v) is 1.57. The second kappa shape index (κ2) is 12.9. The van der Waals surface area contributed by atoms with Crippen LogP contribution in [0.15, 0.2) is 67.3 Å². The highest BCUT2D eigenvalue weighted by Crippen LogP contribution is 2.06. The Morgan fingerprint density at radius 2 is 1.43 bits per heavy atom. The van der Waals surface area contributed by atoms with Gasteiger partial charge in [0.05, 0.1) is 0 Å². The van der Waals surface area contributed by atoms with Crippen LogP contribution in [0.2, 0.25) is 0 Å². The van der Waals surface area contributed by atoms with Crippen molar-refractivity contribution in [1.29, 1.82) is 0 Å². The van der Waals surface area contributed by atoms with E-state index in [0.29, 0.717) is 0 Å². The quantitative estimate of drug-likeness (QED) is 0.694. The maximum Gasteiger partial charge on any atom is 0.0351 e. The molecule has 0 heterocycles. The average molecular weight is 282 g/mol. The molecule has 21 heavy (non-hydrogen) atoms. The first-order chi connectivity index (χ1) is 10.2. The first-order valence-electron chi connectivity index (χ1n) is 6.95. The summed E-state index contributed by atoms with van der Waals surface area (Å²) in [5.74, 6) is 0. The Bertz CT molecular complexity index is 512. The molecule has 0 amide bonds.